The van der Waals surface area contributed by atoms with Crippen molar-refractivity contribution in [1.29, 1.82) is 0 Å². The lowest BCUT2D eigenvalue weighted by Gasteiger charge is -2.52. The van der Waals surface area contributed by atoms with Gasteiger partial charge in [0, 0.05) is 27.1 Å². The summed E-state index contributed by atoms with van der Waals surface area (Å²) in [5.74, 6) is 0.000105. The van der Waals surface area contributed by atoms with Crippen LogP contribution in [0.1, 0.15) is 17.8 Å². The molecule has 0 N–H and O–H groups in total. The van der Waals surface area contributed by atoms with Crippen molar-refractivity contribution < 1.29 is 14.3 Å². The van der Waals surface area contributed by atoms with Crippen LogP contribution in [0, 0.1) is 6.92 Å². The zero-order valence-corrected chi connectivity index (χ0v) is 14.1. The topological polar surface area (TPSA) is 67.8 Å². The van der Waals surface area contributed by atoms with Gasteiger partial charge in [-0.15, -0.1) is 10.2 Å². The maximum absolute atomic E-state index is 11.6. The molecule has 0 unspecified atom stereocenters. The first-order valence-electron chi connectivity index (χ1n) is 7.48. The van der Waals surface area contributed by atoms with Gasteiger partial charge in [-0.25, -0.2) is 0 Å². The van der Waals surface area contributed by atoms with E-state index in [0.717, 1.165) is 36.1 Å². The largest absolute Gasteiger partial charge is 0.371 e. The number of aromatic nitrogens is 2. The Balaban J connectivity index is 1.50. The SMILES string of the molecule is Cc1nnc(N2CC3(C[C@H](OCC(=O)N(C)C)CCO3)C2)s1. The molecule has 22 heavy (non-hydrogen) atoms. The fourth-order valence-corrected chi connectivity index (χ4v) is 3.55. The van der Waals surface area contributed by atoms with E-state index in [1.807, 2.05) is 6.92 Å². The van der Waals surface area contributed by atoms with Crippen LogP contribution in [-0.4, -0.2) is 73.1 Å². The molecule has 0 aliphatic carbocycles. The van der Waals surface area contributed by atoms with Crippen LogP contribution in [-0.2, 0) is 14.3 Å². The smallest absolute Gasteiger partial charge is 0.248 e. The molecular weight excluding hydrogens is 304 g/mol. The van der Waals surface area contributed by atoms with Gasteiger partial charge < -0.3 is 19.3 Å². The van der Waals surface area contributed by atoms with E-state index in [4.69, 9.17) is 9.47 Å². The van der Waals surface area contributed by atoms with Crippen LogP contribution in [0.15, 0.2) is 0 Å². The first-order valence-corrected chi connectivity index (χ1v) is 8.30. The van der Waals surface area contributed by atoms with Crippen LogP contribution < -0.4 is 4.90 Å². The molecule has 1 amide bonds. The van der Waals surface area contributed by atoms with Gasteiger partial charge in [-0.05, 0) is 13.3 Å². The predicted octanol–water partition coefficient (Wildman–Crippen LogP) is 0.689. The molecular formula is C14H22N4O3S. The third kappa shape index (κ3) is 3.23. The summed E-state index contributed by atoms with van der Waals surface area (Å²) in [7, 11) is 3.48. The Morgan fingerprint density at radius 1 is 1.50 bits per heavy atom. The summed E-state index contributed by atoms with van der Waals surface area (Å²) >= 11 is 1.60. The summed E-state index contributed by atoms with van der Waals surface area (Å²) in [6.45, 7) is 4.43. The number of rotatable bonds is 4. The molecule has 2 fully saturated rings. The van der Waals surface area contributed by atoms with E-state index in [1.54, 1.807) is 30.3 Å². The lowest BCUT2D eigenvalue weighted by atomic mass is 9.85. The summed E-state index contributed by atoms with van der Waals surface area (Å²) in [6.07, 6.45) is 1.78. The van der Waals surface area contributed by atoms with E-state index >= 15 is 0 Å². The average Bonchev–Trinajstić information content (AvgIpc) is 2.88. The summed E-state index contributed by atoms with van der Waals surface area (Å²) < 4.78 is 11.8. The maximum Gasteiger partial charge on any atom is 0.248 e. The van der Waals surface area contributed by atoms with E-state index in [9.17, 15) is 4.79 Å². The number of ether oxygens (including phenoxy) is 2. The van der Waals surface area contributed by atoms with Crippen molar-refractivity contribution in [3.63, 3.8) is 0 Å². The van der Waals surface area contributed by atoms with Gasteiger partial charge in [-0.2, -0.15) is 0 Å². The monoisotopic (exact) mass is 326 g/mol. The third-order valence-corrected chi connectivity index (χ3v) is 5.03. The van der Waals surface area contributed by atoms with Crippen molar-refractivity contribution >= 4 is 22.4 Å². The van der Waals surface area contributed by atoms with Crippen LogP contribution in [0.5, 0.6) is 0 Å². The first-order chi connectivity index (χ1) is 10.5. The van der Waals surface area contributed by atoms with Gasteiger partial charge in [-0.1, -0.05) is 11.3 Å². The summed E-state index contributed by atoms with van der Waals surface area (Å²) in [5.41, 5.74) is -0.149. The number of carbonyl (C=O) groups is 1. The van der Waals surface area contributed by atoms with Gasteiger partial charge in [0.05, 0.1) is 19.2 Å². The highest BCUT2D eigenvalue weighted by molar-refractivity contribution is 7.15. The highest BCUT2D eigenvalue weighted by Gasteiger charge is 2.49. The molecule has 0 saturated carbocycles. The van der Waals surface area contributed by atoms with Crippen LogP contribution in [0.2, 0.25) is 0 Å². The quantitative estimate of drug-likeness (QED) is 0.811. The molecule has 2 saturated heterocycles. The lowest BCUT2D eigenvalue weighted by molar-refractivity contribution is -0.156. The van der Waals surface area contributed by atoms with Gasteiger partial charge in [0.1, 0.15) is 17.2 Å². The number of hydrogen-bond donors (Lipinski definition) is 0. The Bertz CT molecular complexity index is 542. The molecule has 0 radical (unpaired) electrons. The highest BCUT2D eigenvalue weighted by Crippen LogP contribution is 2.38. The third-order valence-electron chi connectivity index (χ3n) is 4.13. The minimum Gasteiger partial charge on any atom is -0.371 e. The Kier molecular flexibility index (Phi) is 4.33. The average molecular weight is 326 g/mol. The molecule has 2 aliphatic rings. The maximum atomic E-state index is 11.6. The van der Waals surface area contributed by atoms with Gasteiger partial charge in [0.25, 0.3) is 0 Å². The van der Waals surface area contributed by atoms with Gasteiger partial charge in [-0.3, -0.25) is 4.79 Å². The summed E-state index contributed by atoms with van der Waals surface area (Å²) in [4.78, 5) is 15.4. The second-order valence-electron chi connectivity index (χ2n) is 6.21. The number of likely N-dealkylation sites (N-methyl/N-ethyl adjacent to an activating group) is 1. The van der Waals surface area contributed by atoms with Crippen molar-refractivity contribution in [2.24, 2.45) is 0 Å². The minimum absolute atomic E-state index is 0.000105. The van der Waals surface area contributed by atoms with Crippen LogP contribution in [0.25, 0.3) is 0 Å². The van der Waals surface area contributed by atoms with Gasteiger partial charge in [0.2, 0.25) is 11.0 Å². The zero-order chi connectivity index (χ0) is 15.7. The molecule has 1 spiro atoms. The van der Waals surface area contributed by atoms with E-state index in [2.05, 4.69) is 15.1 Å². The lowest BCUT2D eigenvalue weighted by Crippen LogP contribution is -2.66. The van der Waals surface area contributed by atoms with Crippen LogP contribution in [0.4, 0.5) is 5.13 Å². The zero-order valence-electron chi connectivity index (χ0n) is 13.2. The fraction of sp³-hybridized carbons (Fsp3) is 0.786. The second kappa shape index (κ2) is 6.10. The van der Waals surface area contributed by atoms with Crippen molar-refractivity contribution in [2.75, 3.05) is 45.3 Å². The van der Waals surface area contributed by atoms with E-state index < -0.39 is 0 Å². The van der Waals surface area contributed by atoms with Crippen LogP contribution >= 0.6 is 11.3 Å². The minimum atomic E-state index is -0.149. The van der Waals surface area contributed by atoms with E-state index in [1.165, 1.54) is 0 Å². The van der Waals surface area contributed by atoms with Crippen molar-refractivity contribution in [3.8, 4) is 0 Å². The molecule has 0 bridgehead atoms. The Labute approximate surface area is 134 Å². The van der Waals surface area contributed by atoms with E-state index in [0.29, 0.717) is 6.61 Å². The first kappa shape index (κ1) is 15.6. The molecule has 0 aromatic carbocycles. The molecule has 3 heterocycles. The highest BCUT2D eigenvalue weighted by atomic mass is 32.1. The van der Waals surface area contributed by atoms with Crippen LogP contribution in [0.3, 0.4) is 0 Å². The Morgan fingerprint density at radius 2 is 2.27 bits per heavy atom. The van der Waals surface area contributed by atoms with Gasteiger partial charge in [0.15, 0.2) is 0 Å². The number of amides is 1. The van der Waals surface area contributed by atoms with Crippen molar-refractivity contribution in [1.82, 2.24) is 15.1 Å². The summed E-state index contributed by atoms with van der Waals surface area (Å²) in [5, 5.41) is 10.2. The predicted molar refractivity (Wildman–Crippen MR) is 83.2 cm³/mol. The van der Waals surface area contributed by atoms with Crippen molar-refractivity contribution in [2.45, 2.75) is 31.5 Å². The fourth-order valence-electron chi connectivity index (χ4n) is 2.86. The Morgan fingerprint density at radius 3 is 2.91 bits per heavy atom. The molecule has 1 aromatic heterocycles. The van der Waals surface area contributed by atoms with Crippen molar-refractivity contribution in [3.05, 3.63) is 5.01 Å². The molecule has 8 heteroatoms. The molecule has 7 nitrogen and oxygen atoms in total. The molecule has 3 rings (SSSR count). The number of nitrogens with zero attached hydrogens (tertiary/aromatic N) is 4. The molecule has 2 aliphatic heterocycles. The number of aryl methyl sites for hydroxylation is 1. The Hall–Kier alpha value is -1.25. The van der Waals surface area contributed by atoms with Gasteiger partial charge >= 0.3 is 0 Å². The molecule has 1 aromatic rings. The summed E-state index contributed by atoms with van der Waals surface area (Å²) in [6, 6.07) is 0. The molecule has 122 valence electrons. The van der Waals surface area contributed by atoms with E-state index in [-0.39, 0.29) is 24.2 Å². The number of anilines is 1. The standard InChI is InChI=1S/C14H22N4O3S/c1-10-15-16-13(22-10)18-8-14(9-18)6-11(4-5-21-14)20-7-12(19)17(2)3/h11H,4-9H2,1-3H3/t11-/m1/s1. The number of carbonyl (C=O) groups excluding carboxylic acids is 1. The molecule has 1 atom stereocenters. The normalized spacial score (nSPS) is 23.4. The number of hydrogen-bond acceptors (Lipinski definition) is 7. The second-order valence-corrected chi connectivity index (χ2v) is 7.37.